The smallest absolute Gasteiger partial charge is 0.334 e. The molecule has 2 aliphatic rings. The van der Waals surface area contributed by atoms with E-state index >= 15 is 0 Å². The first-order valence-electron chi connectivity index (χ1n) is 6.98. The number of morpholine rings is 2. The van der Waals surface area contributed by atoms with E-state index in [1.165, 1.54) is 0 Å². The van der Waals surface area contributed by atoms with Crippen LogP contribution in [0.4, 0.5) is 0 Å². The molecule has 0 spiro atoms. The number of hydrogen-bond acceptors (Lipinski definition) is 5. The molecule has 2 aliphatic heterocycles. The van der Waals surface area contributed by atoms with Crippen molar-refractivity contribution in [2.24, 2.45) is 0 Å². The molecule has 0 amide bonds. The number of carboxylic acid groups (broad SMARTS) is 1. The number of carboxylic acids is 1. The minimum Gasteiger partial charge on any atom is -0.479 e. The molecule has 0 aromatic heterocycles. The van der Waals surface area contributed by atoms with Crippen molar-refractivity contribution in [3.8, 4) is 0 Å². The molecule has 19 heavy (non-hydrogen) atoms. The van der Waals surface area contributed by atoms with Crippen LogP contribution in [-0.4, -0.2) is 85.1 Å². The number of rotatable bonds is 4. The van der Waals surface area contributed by atoms with E-state index in [-0.39, 0.29) is 6.10 Å². The van der Waals surface area contributed by atoms with E-state index in [1.54, 1.807) is 0 Å². The van der Waals surface area contributed by atoms with Crippen LogP contribution in [0.15, 0.2) is 0 Å². The van der Waals surface area contributed by atoms with Crippen LogP contribution >= 0.6 is 0 Å². The minimum atomic E-state index is -0.877. The first-order chi connectivity index (χ1) is 9.06. The summed E-state index contributed by atoms with van der Waals surface area (Å²) in [6.07, 6.45) is -0.526. The highest BCUT2D eigenvalue weighted by atomic mass is 16.5. The maximum absolute atomic E-state index is 10.9. The van der Waals surface area contributed by atoms with Crippen LogP contribution in [0.2, 0.25) is 0 Å². The number of carbonyl (C=O) groups is 1. The van der Waals surface area contributed by atoms with Gasteiger partial charge < -0.3 is 14.6 Å². The van der Waals surface area contributed by atoms with Gasteiger partial charge in [-0.15, -0.1) is 0 Å². The van der Waals surface area contributed by atoms with Crippen molar-refractivity contribution in [3.05, 3.63) is 0 Å². The Morgan fingerprint density at radius 2 is 2.00 bits per heavy atom. The number of aliphatic carboxylic acids is 1. The largest absolute Gasteiger partial charge is 0.479 e. The van der Waals surface area contributed by atoms with E-state index in [1.807, 2.05) is 0 Å². The van der Waals surface area contributed by atoms with E-state index in [4.69, 9.17) is 14.6 Å². The average Bonchev–Trinajstić information content (AvgIpc) is 2.39. The molecule has 2 fully saturated rings. The van der Waals surface area contributed by atoms with E-state index in [9.17, 15) is 4.79 Å². The zero-order valence-corrected chi connectivity index (χ0v) is 11.7. The Morgan fingerprint density at radius 3 is 2.68 bits per heavy atom. The van der Waals surface area contributed by atoms with E-state index in [0.29, 0.717) is 19.2 Å². The first-order valence-corrected chi connectivity index (χ1v) is 6.98. The fourth-order valence-corrected chi connectivity index (χ4v) is 2.63. The number of ether oxygens (including phenoxy) is 2. The molecular formula is C13H24N2O4. The topological polar surface area (TPSA) is 62.2 Å². The first kappa shape index (κ1) is 14.7. The van der Waals surface area contributed by atoms with Crippen LogP contribution in [0.5, 0.6) is 0 Å². The van der Waals surface area contributed by atoms with Crippen molar-refractivity contribution in [1.82, 2.24) is 9.80 Å². The predicted molar refractivity (Wildman–Crippen MR) is 70.3 cm³/mol. The van der Waals surface area contributed by atoms with Gasteiger partial charge in [-0.3, -0.25) is 9.80 Å². The van der Waals surface area contributed by atoms with Gasteiger partial charge in [0.25, 0.3) is 0 Å². The van der Waals surface area contributed by atoms with Gasteiger partial charge in [0.05, 0.1) is 19.3 Å². The summed E-state index contributed by atoms with van der Waals surface area (Å²) in [6.45, 7) is 9.56. The quantitative estimate of drug-likeness (QED) is 0.770. The summed E-state index contributed by atoms with van der Waals surface area (Å²) in [7, 11) is 0. The third kappa shape index (κ3) is 4.14. The Morgan fingerprint density at radius 1 is 1.26 bits per heavy atom. The van der Waals surface area contributed by atoms with Crippen LogP contribution in [-0.2, 0) is 14.3 Å². The van der Waals surface area contributed by atoms with Crippen molar-refractivity contribution >= 4 is 5.97 Å². The third-order valence-corrected chi connectivity index (χ3v) is 3.79. The predicted octanol–water partition coefficient (Wildman–Crippen LogP) is -0.119. The third-order valence-electron chi connectivity index (χ3n) is 3.79. The van der Waals surface area contributed by atoms with Gasteiger partial charge in [0.2, 0.25) is 0 Å². The van der Waals surface area contributed by atoms with Gasteiger partial charge in [0.1, 0.15) is 0 Å². The molecule has 2 unspecified atom stereocenters. The molecule has 0 radical (unpaired) electrons. The maximum Gasteiger partial charge on any atom is 0.334 e. The molecule has 1 N–H and O–H groups in total. The summed E-state index contributed by atoms with van der Waals surface area (Å²) in [5.74, 6) is -0.877. The molecule has 2 heterocycles. The van der Waals surface area contributed by atoms with Crippen LogP contribution in [0.3, 0.4) is 0 Å². The van der Waals surface area contributed by atoms with Gasteiger partial charge in [-0.05, 0) is 13.8 Å². The molecule has 2 saturated heterocycles. The van der Waals surface area contributed by atoms with Crippen LogP contribution in [0.25, 0.3) is 0 Å². The lowest BCUT2D eigenvalue weighted by Crippen LogP contribution is -2.53. The fourth-order valence-electron chi connectivity index (χ4n) is 2.63. The molecule has 2 rings (SSSR count). The second-order valence-corrected chi connectivity index (χ2v) is 5.54. The van der Waals surface area contributed by atoms with Gasteiger partial charge in [-0.25, -0.2) is 4.79 Å². The normalized spacial score (nSPS) is 30.7. The Labute approximate surface area is 114 Å². The van der Waals surface area contributed by atoms with Crippen molar-refractivity contribution in [2.45, 2.75) is 32.1 Å². The van der Waals surface area contributed by atoms with Crippen molar-refractivity contribution in [3.63, 3.8) is 0 Å². The highest BCUT2D eigenvalue weighted by molar-refractivity contribution is 5.72. The van der Waals surface area contributed by atoms with Crippen molar-refractivity contribution < 1.29 is 19.4 Å². The summed E-state index contributed by atoms with van der Waals surface area (Å²) in [6, 6.07) is 0.530. The molecule has 0 aliphatic carbocycles. The summed E-state index contributed by atoms with van der Waals surface area (Å²) >= 11 is 0. The molecule has 0 bridgehead atoms. The van der Waals surface area contributed by atoms with Crippen molar-refractivity contribution in [2.75, 3.05) is 45.9 Å². The molecule has 110 valence electrons. The van der Waals surface area contributed by atoms with Gasteiger partial charge in [-0.2, -0.15) is 0 Å². The highest BCUT2D eigenvalue weighted by Gasteiger charge is 2.29. The lowest BCUT2D eigenvalue weighted by molar-refractivity contribution is -0.157. The lowest BCUT2D eigenvalue weighted by atomic mass is 10.2. The van der Waals surface area contributed by atoms with Crippen LogP contribution in [0, 0.1) is 0 Å². The molecule has 6 heteroatoms. The van der Waals surface area contributed by atoms with Gasteiger partial charge in [0.15, 0.2) is 6.10 Å². The molecule has 0 saturated carbocycles. The van der Waals surface area contributed by atoms with Gasteiger partial charge in [0, 0.05) is 38.8 Å². The fraction of sp³-hybridized carbons (Fsp3) is 0.923. The van der Waals surface area contributed by atoms with E-state index in [2.05, 4.69) is 23.6 Å². The summed E-state index contributed by atoms with van der Waals surface area (Å²) in [5.41, 5.74) is 0. The van der Waals surface area contributed by atoms with Gasteiger partial charge in [-0.1, -0.05) is 0 Å². The molecule has 2 atom stereocenters. The summed E-state index contributed by atoms with van der Waals surface area (Å²) in [4.78, 5) is 15.5. The minimum absolute atomic E-state index is 0.170. The monoisotopic (exact) mass is 272 g/mol. The van der Waals surface area contributed by atoms with Crippen molar-refractivity contribution in [1.29, 1.82) is 0 Å². The lowest BCUT2D eigenvalue weighted by Gasteiger charge is -2.39. The number of nitrogens with zero attached hydrogens (tertiary/aromatic N) is 2. The SMILES string of the molecule is CC(C)N1CCOC(CN2CCOC(C(=O)O)C2)C1. The molecular weight excluding hydrogens is 248 g/mol. The Balaban J connectivity index is 1.81. The zero-order chi connectivity index (χ0) is 13.8. The second kappa shape index (κ2) is 6.65. The summed E-state index contributed by atoms with van der Waals surface area (Å²) in [5, 5.41) is 8.99. The summed E-state index contributed by atoms with van der Waals surface area (Å²) < 4.78 is 11.0. The maximum atomic E-state index is 10.9. The molecule has 0 aromatic rings. The van der Waals surface area contributed by atoms with Gasteiger partial charge >= 0.3 is 5.97 Å². The van der Waals surface area contributed by atoms with Crippen LogP contribution < -0.4 is 0 Å². The number of hydrogen-bond donors (Lipinski definition) is 1. The standard InChI is InChI=1S/C13H24N2O4/c1-10(2)15-4-6-18-11(8-15)7-14-3-5-19-12(9-14)13(16)17/h10-12H,3-9H2,1-2H3,(H,16,17). The Kier molecular flexibility index (Phi) is 5.15. The Hall–Kier alpha value is -0.690. The molecule has 0 aromatic carbocycles. The van der Waals surface area contributed by atoms with E-state index < -0.39 is 12.1 Å². The van der Waals surface area contributed by atoms with Crippen LogP contribution in [0.1, 0.15) is 13.8 Å². The second-order valence-electron chi connectivity index (χ2n) is 5.54. The highest BCUT2D eigenvalue weighted by Crippen LogP contribution is 2.12. The average molecular weight is 272 g/mol. The molecule has 6 nitrogen and oxygen atoms in total. The van der Waals surface area contributed by atoms with E-state index in [0.717, 1.165) is 32.8 Å². The Bertz CT molecular complexity index is 311. The zero-order valence-electron chi connectivity index (χ0n) is 11.7.